The Balaban J connectivity index is 4.24. The SMILES string of the molecule is COC(=O)[C@@H](O)[C@@H](O)C(=O)OC(C)C. The number of hydrogen-bond acceptors (Lipinski definition) is 6. The first-order valence-corrected chi connectivity index (χ1v) is 4.04. The molecule has 0 aromatic heterocycles. The van der Waals surface area contributed by atoms with Crippen LogP contribution in [-0.2, 0) is 19.1 Å². The van der Waals surface area contributed by atoms with Crippen molar-refractivity contribution >= 4 is 11.9 Å². The van der Waals surface area contributed by atoms with Gasteiger partial charge in [0.15, 0.2) is 12.2 Å². The van der Waals surface area contributed by atoms with Gasteiger partial charge in [-0.25, -0.2) is 9.59 Å². The number of methoxy groups -OCH3 is 1. The average molecular weight is 206 g/mol. The molecule has 0 bridgehead atoms. The highest BCUT2D eigenvalue weighted by atomic mass is 16.6. The van der Waals surface area contributed by atoms with Crippen LogP contribution >= 0.6 is 0 Å². The summed E-state index contributed by atoms with van der Waals surface area (Å²) in [7, 11) is 1.03. The van der Waals surface area contributed by atoms with Gasteiger partial charge in [0.2, 0.25) is 0 Å². The minimum Gasteiger partial charge on any atom is -0.467 e. The third-order valence-electron chi connectivity index (χ3n) is 1.34. The van der Waals surface area contributed by atoms with Crippen LogP contribution in [0.5, 0.6) is 0 Å². The lowest BCUT2D eigenvalue weighted by Crippen LogP contribution is -2.42. The van der Waals surface area contributed by atoms with E-state index in [4.69, 9.17) is 10.2 Å². The third-order valence-corrected chi connectivity index (χ3v) is 1.34. The van der Waals surface area contributed by atoms with E-state index < -0.39 is 30.3 Å². The summed E-state index contributed by atoms with van der Waals surface area (Å²) in [5, 5.41) is 18.2. The first-order chi connectivity index (χ1) is 6.40. The van der Waals surface area contributed by atoms with Crippen molar-refractivity contribution in [3.63, 3.8) is 0 Å². The topological polar surface area (TPSA) is 93.1 Å². The lowest BCUT2D eigenvalue weighted by Gasteiger charge is -2.16. The fourth-order valence-electron chi connectivity index (χ4n) is 0.681. The average Bonchev–Trinajstić information content (AvgIpc) is 2.13. The standard InChI is InChI=1S/C8H14O6/c1-4(2)14-8(12)6(10)5(9)7(11)13-3/h4-6,9-10H,1-3H3/t5-,6+/m0/s1. The highest BCUT2D eigenvalue weighted by Gasteiger charge is 2.32. The molecule has 0 aromatic rings. The zero-order valence-electron chi connectivity index (χ0n) is 8.26. The number of aliphatic hydroxyl groups excluding tert-OH is 2. The molecule has 14 heavy (non-hydrogen) atoms. The van der Waals surface area contributed by atoms with Crippen LogP contribution in [0.1, 0.15) is 13.8 Å². The van der Waals surface area contributed by atoms with Gasteiger partial charge in [-0.1, -0.05) is 0 Å². The van der Waals surface area contributed by atoms with E-state index >= 15 is 0 Å². The van der Waals surface area contributed by atoms with Crippen molar-refractivity contribution in [2.75, 3.05) is 7.11 Å². The van der Waals surface area contributed by atoms with Gasteiger partial charge < -0.3 is 19.7 Å². The van der Waals surface area contributed by atoms with Crippen molar-refractivity contribution in [2.24, 2.45) is 0 Å². The first-order valence-electron chi connectivity index (χ1n) is 4.04. The Morgan fingerprint density at radius 2 is 1.50 bits per heavy atom. The second kappa shape index (κ2) is 5.56. The molecule has 82 valence electrons. The smallest absolute Gasteiger partial charge is 0.338 e. The zero-order valence-corrected chi connectivity index (χ0v) is 8.26. The molecular formula is C8H14O6. The summed E-state index contributed by atoms with van der Waals surface area (Å²) in [4.78, 5) is 21.7. The molecule has 0 aliphatic rings. The quantitative estimate of drug-likeness (QED) is 0.563. The molecular weight excluding hydrogens is 192 g/mol. The lowest BCUT2D eigenvalue weighted by molar-refractivity contribution is -0.173. The van der Waals surface area contributed by atoms with Crippen LogP contribution < -0.4 is 0 Å². The molecule has 0 fully saturated rings. The van der Waals surface area contributed by atoms with Crippen LogP contribution in [0, 0.1) is 0 Å². The lowest BCUT2D eigenvalue weighted by atomic mass is 10.2. The summed E-state index contributed by atoms with van der Waals surface area (Å²) in [6, 6.07) is 0. The van der Waals surface area contributed by atoms with E-state index in [-0.39, 0.29) is 0 Å². The van der Waals surface area contributed by atoms with Gasteiger partial charge >= 0.3 is 11.9 Å². The molecule has 0 unspecified atom stereocenters. The Kier molecular flexibility index (Phi) is 5.11. The predicted molar refractivity (Wildman–Crippen MR) is 45.3 cm³/mol. The van der Waals surface area contributed by atoms with Gasteiger partial charge in [-0.15, -0.1) is 0 Å². The van der Waals surface area contributed by atoms with Crippen LogP contribution in [0.4, 0.5) is 0 Å². The van der Waals surface area contributed by atoms with Crippen LogP contribution in [0.25, 0.3) is 0 Å². The molecule has 0 saturated carbocycles. The Labute approximate surface area is 81.4 Å². The summed E-state index contributed by atoms with van der Waals surface area (Å²) in [5.41, 5.74) is 0. The summed E-state index contributed by atoms with van der Waals surface area (Å²) in [6.45, 7) is 3.16. The summed E-state index contributed by atoms with van der Waals surface area (Å²) in [5.74, 6) is -2.14. The molecule has 6 heteroatoms. The molecule has 0 saturated heterocycles. The van der Waals surface area contributed by atoms with E-state index in [9.17, 15) is 9.59 Å². The number of aliphatic hydroxyl groups is 2. The van der Waals surface area contributed by atoms with Gasteiger partial charge in [-0.3, -0.25) is 0 Å². The van der Waals surface area contributed by atoms with E-state index in [2.05, 4.69) is 9.47 Å². The summed E-state index contributed by atoms with van der Waals surface area (Å²) >= 11 is 0. The van der Waals surface area contributed by atoms with Crippen LogP contribution in [0.2, 0.25) is 0 Å². The Hall–Kier alpha value is -1.14. The number of ether oxygens (including phenoxy) is 2. The molecule has 0 aliphatic carbocycles. The summed E-state index contributed by atoms with van der Waals surface area (Å²) in [6.07, 6.45) is -4.25. The minimum atomic E-state index is -1.91. The fourth-order valence-corrected chi connectivity index (χ4v) is 0.681. The molecule has 6 nitrogen and oxygen atoms in total. The van der Waals surface area contributed by atoms with Crippen molar-refractivity contribution in [1.82, 2.24) is 0 Å². The van der Waals surface area contributed by atoms with Gasteiger partial charge in [0.05, 0.1) is 13.2 Å². The van der Waals surface area contributed by atoms with Gasteiger partial charge in [0, 0.05) is 0 Å². The normalized spacial score (nSPS) is 14.7. The van der Waals surface area contributed by atoms with Gasteiger partial charge in [0.1, 0.15) is 0 Å². The highest BCUT2D eigenvalue weighted by Crippen LogP contribution is 2.01. The molecule has 2 N–H and O–H groups in total. The van der Waals surface area contributed by atoms with Crippen molar-refractivity contribution in [3.8, 4) is 0 Å². The molecule has 0 radical (unpaired) electrons. The van der Waals surface area contributed by atoms with E-state index in [0.717, 1.165) is 7.11 Å². The van der Waals surface area contributed by atoms with Crippen molar-refractivity contribution in [1.29, 1.82) is 0 Å². The van der Waals surface area contributed by atoms with Crippen molar-refractivity contribution in [2.45, 2.75) is 32.2 Å². The Morgan fingerprint density at radius 1 is 1.07 bits per heavy atom. The van der Waals surface area contributed by atoms with Crippen LogP contribution in [0.15, 0.2) is 0 Å². The van der Waals surface area contributed by atoms with Crippen molar-refractivity contribution < 1.29 is 29.3 Å². The second-order valence-electron chi connectivity index (χ2n) is 2.90. The third kappa shape index (κ3) is 3.71. The molecule has 0 rings (SSSR count). The van der Waals surface area contributed by atoms with Crippen molar-refractivity contribution in [3.05, 3.63) is 0 Å². The largest absolute Gasteiger partial charge is 0.467 e. The predicted octanol–water partition coefficient (Wildman–Crippen LogP) is -1.17. The second-order valence-corrected chi connectivity index (χ2v) is 2.90. The van der Waals surface area contributed by atoms with E-state index in [1.165, 1.54) is 0 Å². The molecule has 2 atom stereocenters. The highest BCUT2D eigenvalue weighted by molar-refractivity contribution is 5.85. The number of esters is 2. The van der Waals surface area contributed by atoms with Crippen LogP contribution in [-0.4, -0.2) is 47.6 Å². The molecule has 0 spiro atoms. The van der Waals surface area contributed by atoms with Gasteiger partial charge in [-0.05, 0) is 13.8 Å². The first kappa shape index (κ1) is 12.9. The monoisotopic (exact) mass is 206 g/mol. The molecule has 0 aliphatic heterocycles. The maximum absolute atomic E-state index is 11.0. The minimum absolute atomic E-state index is 0.429. The van der Waals surface area contributed by atoms with Gasteiger partial charge in [0.25, 0.3) is 0 Å². The Bertz CT molecular complexity index is 212. The summed E-state index contributed by atoms with van der Waals surface area (Å²) < 4.78 is 8.70. The number of carbonyl (C=O) groups is 2. The molecule has 0 heterocycles. The fraction of sp³-hybridized carbons (Fsp3) is 0.750. The maximum Gasteiger partial charge on any atom is 0.338 e. The number of carbonyl (C=O) groups excluding carboxylic acids is 2. The van der Waals surface area contributed by atoms with Crippen LogP contribution in [0.3, 0.4) is 0 Å². The maximum atomic E-state index is 11.0. The van der Waals surface area contributed by atoms with E-state index in [0.29, 0.717) is 0 Å². The molecule has 0 amide bonds. The van der Waals surface area contributed by atoms with E-state index in [1.807, 2.05) is 0 Å². The number of hydrogen-bond donors (Lipinski definition) is 2. The molecule has 0 aromatic carbocycles. The van der Waals surface area contributed by atoms with Gasteiger partial charge in [-0.2, -0.15) is 0 Å². The van der Waals surface area contributed by atoms with E-state index in [1.54, 1.807) is 13.8 Å². The Morgan fingerprint density at radius 3 is 1.86 bits per heavy atom. The number of rotatable bonds is 4. The zero-order chi connectivity index (χ0) is 11.3.